The Kier molecular flexibility index (Phi) is 3.12. The summed E-state index contributed by atoms with van der Waals surface area (Å²) in [4.78, 5) is 5.10. The van der Waals surface area contributed by atoms with Crippen LogP contribution in [0.2, 0.25) is 0 Å². The van der Waals surface area contributed by atoms with E-state index in [9.17, 15) is 5.11 Å². The molecule has 0 bridgehead atoms. The molecule has 0 radical (unpaired) electrons. The lowest BCUT2D eigenvalue weighted by Gasteiger charge is -2.36. The first-order valence-corrected chi connectivity index (χ1v) is 6.61. The highest BCUT2D eigenvalue weighted by atomic mass is 32.1. The lowest BCUT2D eigenvalue weighted by molar-refractivity contribution is -0.0170. The minimum absolute atomic E-state index is 0.577. The van der Waals surface area contributed by atoms with E-state index in [2.05, 4.69) is 18.8 Å². The lowest BCUT2D eigenvalue weighted by atomic mass is 9.74. The van der Waals surface area contributed by atoms with Crippen LogP contribution in [0.4, 0.5) is 0 Å². The standard InChI is InChI=1S/C12H19NOS/c1-9(2)10-3-5-12(14,6-4-10)11-7-13-8-15-11/h7-10,14H,3-6H2,1-2H3. The van der Waals surface area contributed by atoms with Gasteiger partial charge in [-0.05, 0) is 37.5 Å². The highest BCUT2D eigenvalue weighted by Crippen LogP contribution is 2.42. The van der Waals surface area contributed by atoms with Crippen molar-refractivity contribution in [2.75, 3.05) is 0 Å². The monoisotopic (exact) mass is 225 g/mol. The van der Waals surface area contributed by atoms with Gasteiger partial charge >= 0.3 is 0 Å². The van der Waals surface area contributed by atoms with Crippen LogP contribution >= 0.6 is 11.3 Å². The third-order valence-corrected chi connectivity index (χ3v) is 4.66. The molecule has 15 heavy (non-hydrogen) atoms. The van der Waals surface area contributed by atoms with Crippen molar-refractivity contribution in [3.8, 4) is 0 Å². The van der Waals surface area contributed by atoms with E-state index in [0.29, 0.717) is 0 Å². The van der Waals surface area contributed by atoms with Crippen molar-refractivity contribution in [3.05, 3.63) is 16.6 Å². The second-order valence-electron chi connectivity index (χ2n) is 4.98. The number of aliphatic hydroxyl groups is 1. The zero-order chi connectivity index (χ0) is 10.9. The molecule has 1 aromatic heterocycles. The average molecular weight is 225 g/mol. The molecule has 1 aliphatic carbocycles. The van der Waals surface area contributed by atoms with E-state index in [0.717, 1.165) is 42.4 Å². The molecule has 2 rings (SSSR count). The molecule has 0 amide bonds. The summed E-state index contributed by atoms with van der Waals surface area (Å²) >= 11 is 1.58. The summed E-state index contributed by atoms with van der Waals surface area (Å²) in [6.07, 6.45) is 5.91. The Bertz CT molecular complexity index is 299. The molecule has 1 fully saturated rings. The summed E-state index contributed by atoms with van der Waals surface area (Å²) in [7, 11) is 0. The van der Waals surface area contributed by atoms with Gasteiger partial charge in [-0.3, -0.25) is 4.98 Å². The van der Waals surface area contributed by atoms with Gasteiger partial charge in [0.15, 0.2) is 0 Å². The Balaban J connectivity index is 2.03. The van der Waals surface area contributed by atoms with Crippen molar-refractivity contribution in [2.45, 2.75) is 45.1 Å². The fourth-order valence-electron chi connectivity index (χ4n) is 2.48. The molecular weight excluding hydrogens is 206 g/mol. The van der Waals surface area contributed by atoms with Crippen molar-refractivity contribution < 1.29 is 5.11 Å². The molecule has 3 heteroatoms. The summed E-state index contributed by atoms with van der Waals surface area (Å²) in [6, 6.07) is 0. The zero-order valence-electron chi connectivity index (χ0n) is 9.44. The van der Waals surface area contributed by atoms with Crippen LogP contribution in [0.25, 0.3) is 0 Å². The maximum absolute atomic E-state index is 10.5. The number of nitrogens with zero attached hydrogens (tertiary/aromatic N) is 1. The van der Waals surface area contributed by atoms with Crippen LogP contribution in [0.3, 0.4) is 0 Å². The Labute approximate surface area is 95.4 Å². The molecule has 0 unspecified atom stereocenters. The summed E-state index contributed by atoms with van der Waals surface area (Å²) in [5.41, 5.74) is 1.23. The maximum Gasteiger partial charge on any atom is 0.100 e. The van der Waals surface area contributed by atoms with Crippen LogP contribution in [0.15, 0.2) is 11.7 Å². The molecule has 1 aliphatic rings. The molecule has 1 N–H and O–H groups in total. The summed E-state index contributed by atoms with van der Waals surface area (Å²) in [5, 5.41) is 10.5. The fourth-order valence-corrected chi connectivity index (χ4v) is 3.26. The molecule has 1 saturated carbocycles. The third-order valence-electron chi connectivity index (χ3n) is 3.69. The smallest absolute Gasteiger partial charge is 0.100 e. The molecule has 0 saturated heterocycles. The summed E-state index contributed by atoms with van der Waals surface area (Å²) in [5.74, 6) is 1.54. The third kappa shape index (κ3) is 2.23. The largest absolute Gasteiger partial charge is 0.384 e. The van der Waals surface area contributed by atoms with E-state index in [1.807, 2.05) is 11.7 Å². The quantitative estimate of drug-likeness (QED) is 0.838. The molecule has 1 aromatic rings. The molecular formula is C12H19NOS. The number of thiazole rings is 1. The topological polar surface area (TPSA) is 33.1 Å². The van der Waals surface area contributed by atoms with E-state index >= 15 is 0 Å². The van der Waals surface area contributed by atoms with Crippen LogP contribution in [-0.2, 0) is 5.60 Å². The molecule has 0 atom stereocenters. The van der Waals surface area contributed by atoms with Crippen molar-refractivity contribution in [2.24, 2.45) is 11.8 Å². The minimum atomic E-state index is -0.577. The number of hydrogen-bond donors (Lipinski definition) is 1. The Morgan fingerprint density at radius 1 is 1.47 bits per heavy atom. The van der Waals surface area contributed by atoms with Gasteiger partial charge < -0.3 is 5.11 Å². The highest BCUT2D eigenvalue weighted by molar-refractivity contribution is 7.09. The Morgan fingerprint density at radius 2 is 2.13 bits per heavy atom. The molecule has 0 aromatic carbocycles. The van der Waals surface area contributed by atoms with Gasteiger partial charge in [-0.25, -0.2) is 0 Å². The van der Waals surface area contributed by atoms with Gasteiger partial charge in [-0.15, -0.1) is 11.3 Å². The number of aromatic nitrogens is 1. The van der Waals surface area contributed by atoms with E-state index in [-0.39, 0.29) is 0 Å². The SMILES string of the molecule is CC(C)C1CCC(O)(c2cncs2)CC1. The predicted molar refractivity (Wildman–Crippen MR) is 62.8 cm³/mol. The van der Waals surface area contributed by atoms with Gasteiger partial charge in [0.05, 0.1) is 10.4 Å². The van der Waals surface area contributed by atoms with Gasteiger partial charge in [0.25, 0.3) is 0 Å². The Hall–Kier alpha value is -0.410. The number of rotatable bonds is 2. The second-order valence-corrected chi connectivity index (χ2v) is 5.87. The normalized spacial score (nSPS) is 32.1. The first-order valence-electron chi connectivity index (χ1n) is 5.73. The average Bonchev–Trinajstić information content (AvgIpc) is 2.71. The van der Waals surface area contributed by atoms with Crippen LogP contribution in [-0.4, -0.2) is 10.1 Å². The maximum atomic E-state index is 10.5. The van der Waals surface area contributed by atoms with E-state index in [4.69, 9.17) is 0 Å². The van der Waals surface area contributed by atoms with Crippen molar-refractivity contribution in [1.82, 2.24) is 4.98 Å². The van der Waals surface area contributed by atoms with Gasteiger partial charge in [0.1, 0.15) is 5.60 Å². The summed E-state index contributed by atoms with van der Waals surface area (Å²) < 4.78 is 0. The first kappa shape index (κ1) is 11.1. The molecule has 2 nitrogen and oxygen atoms in total. The van der Waals surface area contributed by atoms with Gasteiger partial charge in [0.2, 0.25) is 0 Å². The van der Waals surface area contributed by atoms with E-state index < -0.39 is 5.60 Å². The van der Waals surface area contributed by atoms with Crippen molar-refractivity contribution >= 4 is 11.3 Å². The number of hydrogen-bond acceptors (Lipinski definition) is 3. The molecule has 0 aliphatic heterocycles. The van der Waals surface area contributed by atoms with Crippen LogP contribution in [0, 0.1) is 11.8 Å². The predicted octanol–water partition coefficient (Wildman–Crippen LogP) is 3.18. The highest BCUT2D eigenvalue weighted by Gasteiger charge is 2.36. The zero-order valence-corrected chi connectivity index (χ0v) is 10.3. The van der Waals surface area contributed by atoms with E-state index in [1.165, 1.54) is 0 Å². The minimum Gasteiger partial charge on any atom is -0.384 e. The van der Waals surface area contributed by atoms with Gasteiger partial charge in [0, 0.05) is 6.20 Å². The lowest BCUT2D eigenvalue weighted by Crippen LogP contribution is -2.32. The molecule has 0 spiro atoms. The second kappa shape index (κ2) is 4.22. The fraction of sp³-hybridized carbons (Fsp3) is 0.750. The van der Waals surface area contributed by atoms with Crippen molar-refractivity contribution in [3.63, 3.8) is 0 Å². The molecule has 1 heterocycles. The Morgan fingerprint density at radius 3 is 2.60 bits per heavy atom. The van der Waals surface area contributed by atoms with Crippen molar-refractivity contribution in [1.29, 1.82) is 0 Å². The van der Waals surface area contributed by atoms with Crippen LogP contribution < -0.4 is 0 Å². The van der Waals surface area contributed by atoms with E-state index in [1.54, 1.807) is 11.3 Å². The summed E-state index contributed by atoms with van der Waals surface area (Å²) in [6.45, 7) is 4.56. The van der Waals surface area contributed by atoms with Crippen LogP contribution in [0.5, 0.6) is 0 Å². The molecule has 84 valence electrons. The van der Waals surface area contributed by atoms with Gasteiger partial charge in [-0.2, -0.15) is 0 Å². The van der Waals surface area contributed by atoms with Gasteiger partial charge in [-0.1, -0.05) is 13.8 Å². The first-order chi connectivity index (χ1) is 7.12. The van der Waals surface area contributed by atoms with Crippen LogP contribution in [0.1, 0.15) is 44.4 Å².